The summed E-state index contributed by atoms with van der Waals surface area (Å²) in [7, 11) is -2.11. The van der Waals surface area contributed by atoms with E-state index < -0.39 is 16.0 Å². The van der Waals surface area contributed by atoms with Gasteiger partial charge in [0, 0.05) is 20.3 Å². The topological polar surface area (TPSA) is 119 Å². The fourth-order valence-electron chi connectivity index (χ4n) is 1.76. The highest BCUT2D eigenvalue weighted by Gasteiger charge is 2.18. The van der Waals surface area contributed by atoms with Gasteiger partial charge in [0.25, 0.3) is 0 Å². The molecule has 0 saturated heterocycles. The van der Waals surface area contributed by atoms with E-state index in [1.807, 2.05) is 0 Å². The van der Waals surface area contributed by atoms with E-state index in [2.05, 4.69) is 4.72 Å². The molecule has 0 saturated carbocycles. The minimum atomic E-state index is -3.73. The number of ether oxygens (including phenoxy) is 1. The molecule has 0 aliphatic heterocycles. The van der Waals surface area contributed by atoms with Gasteiger partial charge in [-0.05, 0) is 37.5 Å². The number of carboxylic acid groups (broad SMARTS) is 1. The van der Waals surface area contributed by atoms with E-state index in [0.29, 0.717) is 19.6 Å². The Morgan fingerprint density at radius 3 is 2.62 bits per heavy atom. The molecule has 0 heterocycles. The predicted octanol–water partition coefficient (Wildman–Crippen LogP) is 1.06. The Bertz CT molecular complexity index is 586. The van der Waals surface area contributed by atoms with Gasteiger partial charge in [-0.25, -0.2) is 17.9 Å². The average molecular weight is 316 g/mol. The number of carboxylic acids is 1. The highest BCUT2D eigenvalue weighted by molar-refractivity contribution is 7.89. The zero-order chi connectivity index (χ0) is 15.9. The van der Waals surface area contributed by atoms with Crippen LogP contribution in [0, 0.1) is 0 Å². The summed E-state index contributed by atoms with van der Waals surface area (Å²) in [5, 5.41) is 8.82. The van der Waals surface area contributed by atoms with Crippen LogP contribution in [0.1, 0.15) is 29.6 Å². The van der Waals surface area contributed by atoms with E-state index in [9.17, 15) is 13.2 Å². The molecular weight excluding hydrogens is 296 g/mol. The Balaban J connectivity index is 2.64. The van der Waals surface area contributed by atoms with Crippen molar-refractivity contribution in [1.82, 2.24) is 4.72 Å². The van der Waals surface area contributed by atoms with Gasteiger partial charge < -0.3 is 15.6 Å². The lowest BCUT2D eigenvalue weighted by Crippen LogP contribution is -2.25. The largest absolute Gasteiger partial charge is 0.478 e. The van der Waals surface area contributed by atoms with Gasteiger partial charge in [-0.2, -0.15) is 0 Å². The van der Waals surface area contributed by atoms with Crippen LogP contribution in [0.5, 0.6) is 0 Å². The SMILES string of the molecule is COCCCCCNS(=O)(=O)c1ccc(C(=O)O)cc1N. The standard InChI is InChI=1S/C13H20N2O5S/c1-20-8-4-2-3-7-15-21(18,19)12-6-5-10(13(16)17)9-11(12)14/h5-6,9,15H,2-4,7-8,14H2,1H3,(H,16,17). The molecule has 0 aliphatic carbocycles. The van der Waals surface area contributed by atoms with Crippen molar-refractivity contribution in [2.24, 2.45) is 0 Å². The van der Waals surface area contributed by atoms with Crippen LogP contribution in [0.4, 0.5) is 5.69 Å². The number of hydrogen-bond acceptors (Lipinski definition) is 5. The number of hydrogen-bond donors (Lipinski definition) is 3. The van der Waals surface area contributed by atoms with E-state index in [0.717, 1.165) is 18.9 Å². The maximum Gasteiger partial charge on any atom is 0.335 e. The monoisotopic (exact) mass is 316 g/mol. The molecule has 1 aromatic carbocycles. The molecule has 0 atom stereocenters. The molecule has 0 amide bonds. The third kappa shape index (κ3) is 5.33. The first-order valence-electron chi connectivity index (χ1n) is 6.50. The fourth-order valence-corrected chi connectivity index (χ4v) is 2.94. The first kappa shape index (κ1) is 17.4. The van der Waals surface area contributed by atoms with E-state index in [1.54, 1.807) is 7.11 Å². The molecule has 0 radical (unpaired) electrons. The van der Waals surface area contributed by atoms with Gasteiger partial charge in [0.05, 0.1) is 11.3 Å². The smallest absolute Gasteiger partial charge is 0.335 e. The Morgan fingerprint density at radius 2 is 2.05 bits per heavy atom. The number of nitrogens with two attached hydrogens (primary N) is 1. The summed E-state index contributed by atoms with van der Waals surface area (Å²) in [4.78, 5) is 10.7. The van der Waals surface area contributed by atoms with Crippen LogP contribution < -0.4 is 10.5 Å². The second-order valence-corrected chi connectivity index (χ2v) is 6.24. The lowest BCUT2D eigenvalue weighted by atomic mass is 10.2. The predicted molar refractivity (Wildman–Crippen MR) is 78.7 cm³/mol. The minimum Gasteiger partial charge on any atom is -0.478 e. The van der Waals surface area contributed by atoms with Gasteiger partial charge in [-0.1, -0.05) is 0 Å². The molecule has 8 heteroatoms. The second-order valence-electron chi connectivity index (χ2n) is 4.51. The molecule has 4 N–H and O–H groups in total. The Morgan fingerprint density at radius 1 is 1.33 bits per heavy atom. The van der Waals surface area contributed by atoms with Gasteiger partial charge in [0.1, 0.15) is 4.90 Å². The molecule has 0 aromatic heterocycles. The minimum absolute atomic E-state index is 0.0500. The van der Waals surface area contributed by atoms with Crippen LogP contribution in [-0.2, 0) is 14.8 Å². The van der Waals surface area contributed by atoms with E-state index in [4.69, 9.17) is 15.6 Å². The zero-order valence-corrected chi connectivity index (χ0v) is 12.6. The third-order valence-electron chi connectivity index (χ3n) is 2.86. The lowest BCUT2D eigenvalue weighted by Gasteiger charge is -2.09. The van der Waals surface area contributed by atoms with Crippen molar-refractivity contribution in [3.8, 4) is 0 Å². The van der Waals surface area contributed by atoms with Crippen molar-refractivity contribution in [2.45, 2.75) is 24.2 Å². The van der Waals surface area contributed by atoms with Crippen molar-refractivity contribution < 1.29 is 23.1 Å². The van der Waals surface area contributed by atoms with Crippen molar-refractivity contribution in [3.63, 3.8) is 0 Å². The molecule has 0 spiro atoms. The molecule has 21 heavy (non-hydrogen) atoms. The molecule has 0 unspecified atom stereocenters. The number of aromatic carboxylic acids is 1. The Labute approximate surface area is 124 Å². The van der Waals surface area contributed by atoms with E-state index in [-0.39, 0.29) is 16.1 Å². The van der Waals surface area contributed by atoms with Crippen LogP contribution in [0.15, 0.2) is 23.1 Å². The molecule has 0 fully saturated rings. The summed E-state index contributed by atoms with van der Waals surface area (Å²) in [6, 6.07) is 3.55. The number of carbonyl (C=O) groups is 1. The quantitative estimate of drug-likeness (QED) is 0.463. The van der Waals surface area contributed by atoms with Crippen LogP contribution in [-0.4, -0.2) is 39.8 Å². The molecule has 118 valence electrons. The summed E-state index contributed by atoms with van der Waals surface area (Å²) < 4.78 is 31.5. The van der Waals surface area contributed by atoms with Crippen molar-refractivity contribution >= 4 is 21.7 Å². The summed E-state index contributed by atoms with van der Waals surface area (Å²) in [6.45, 7) is 0.947. The number of unbranched alkanes of at least 4 members (excludes halogenated alkanes) is 2. The molecule has 0 aliphatic rings. The Kier molecular flexibility index (Phi) is 6.60. The number of nitrogen functional groups attached to an aromatic ring is 1. The number of anilines is 1. The molecular formula is C13H20N2O5S. The molecule has 1 aromatic rings. The van der Waals surface area contributed by atoms with Gasteiger partial charge in [0.15, 0.2) is 0 Å². The number of sulfonamides is 1. The highest BCUT2D eigenvalue weighted by Crippen LogP contribution is 2.19. The van der Waals surface area contributed by atoms with E-state index >= 15 is 0 Å². The van der Waals surface area contributed by atoms with Crippen LogP contribution in [0.25, 0.3) is 0 Å². The van der Waals surface area contributed by atoms with Crippen LogP contribution in [0.3, 0.4) is 0 Å². The molecule has 1 rings (SSSR count). The van der Waals surface area contributed by atoms with Crippen LogP contribution in [0.2, 0.25) is 0 Å². The van der Waals surface area contributed by atoms with Crippen molar-refractivity contribution in [3.05, 3.63) is 23.8 Å². The van der Waals surface area contributed by atoms with Gasteiger partial charge >= 0.3 is 5.97 Å². The fraction of sp³-hybridized carbons (Fsp3) is 0.462. The summed E-state index contributed by atoms with van der Waals surface area (Å²) >= 11 is 0. The van der Waals surface area contributed by atoms with Gasteiger partial charge in [-0.3, -0.25) is 0 Å². The number of methoxy groups -OCH3 is 1. The second kappa shape index (κ2) is 7.96. The molecule has 7 nitrogen and oxygen atoms in total. The lowest BCUT2D eigenvalue weighted by molar-refractivity contribution is 0.0697. The zero-order valence-electron chi connectivity index (χ0n) is 11.8. The maximum atomic E-state index is 12.1. The first-order chi connectivity index (χ1) is 9.88. The van der Waals surface area contributed by atoms with Crippen molar-refractivity contribution in [2.75, 3.05) is 26.0 Å². The third-order valence-corrected chi connectivity index (χ3v) is 4.40. The summed E-state index contributed by atoms with van der Waals surface area (Å²) in [5.74, 6) is -1.16. The van der Waals surface area contributed by atoms with E-state index in [1.165, 1.54) is 12.1 Å². The van der Waals surface area contributed by atoms with Crippen LogP contribution >= 0.6 is 0 Å². The Hall–Kier alpha value is -1.64. The normalized spacial score (nSPS) is 11.5. The summed E-state index contributed by atoms with van der Waals surface area (Å²) in [5.41, 5.74) is 5.48. The van der Waals surface area contributed by atoms with Gasteiger partial charge in [0.2, 0.25) is 10.0 Å². The first-order valence-corrected chi connectivity index (χ1v) is 7.98. The number of nitrogens with one attached hydrogen (secondary N) is 1. The highest BCUT2D eigenvalue weighted by atomic mass is 32.2. The maximum absolute atomic E-state index is 12.1. The average Bonchev–Trinajstić information content (AvgIpc) is 2.42. The van der Waals surface area contributed by atoms with Gasteiger partial charge in [-0.15, -0.1) is 0 Å². The number of rotatable bonds is 9. The number of benzene rings is 1. The van der Waals surface area contributed by atoms with Crippen molar-refractivity contribution in [1.29, 1.82) is 0 Å². The summed E-state index contributed by atoms with van der Waals surface area (Å²) in [6.07, 6.45) is 2.41. The molecule has 0 bridgehead atoms.